The van der Waals surface area contributed by atoms with Crippen LogP contribution in [-0.4, -0.2) is 31.0 Å². The molecule has 0 aliphatic heterocycles. The van der Waals surface area contributed by atoms with Crippen LogP contribution in [0, 0.1) is 0 Å². The van der Waals surface area contributed by atoms with E-state index in [-0.39, 0.29) is 5.75 Å². The summed E-state index contributed by atoms with van der Waals surface area (Å²) < 4.78 is 1.79. The van der Waals surface area contributed by atoms with Crippen LogP contribution in [0.25, 0.3) is 5.65 Å². The van der Waals surface area contributed by atoms with Gasteiger partial charge in [-0.25, -0.2) is 0 Å². The zero-order valence-corrected chi connectivity index (χ0v) is 14.7. The molecule has 2 N–H and O–H groups in total. The van der Waals surface area contributed by atoms with Gasteiger partial charge in [-0.15, -0.1) is 15.3 Å². The molecule has 1 fully saturated rings. The van der Waals surface area contributed by atoms with Crippen LogP contribution in [-0.2, 0) is 6.42 Å². The Morgan fingerprint density at radius 2 is 1.78 bits per heavy atom. The monoisotopic (exact) mass is 357 g/mol. The third kappa shape index (κ3) is 3.21. The van der Waals surface area contributed by atoms with Gasteiger partial charge in [0.05, 0.1) is 0 Å². The van der Waals surface area contributed by atoms with Gasteiger partial charge in [-0.3, -0.25) is 0 Å². The fraction of sp³-hybridized carbons (Fsp3) is 0.190. The Bertz CT molecular complexity index is 1070. The SMILES string of the molecule is Oc1ccc(Cc2nnc3ccc(NC4C[C@H]4c4ccccc4)nn23)cc1. The highest BCUT2D eigenvalue weighted by Gasteiger charge is 2.38. The fourth-order valence-corrected chi connectivity index (χ4v) is 3.43. The molecular weight excluding hydrogens is 338 g/mol. The minimum absolute atomic E-state index is 0.256. The lowest BCUT2D eigenvalue weighted by Crippen LogP contribution is -2.09. The average molecular weight is 357 g/mol. The smallest absolute Gasteiger partial charge is 0.178 e. The normalized spacial score (nSPS) is 18.5. The van der Waals surface area contributed by atoms with Crippen molar-refractivity contribution in [3.05, 3.63) is 83.7 Å². The molecule has 2 aromatic heterocycles. The summed E-state index contributed by atoms with van der Waals surface area (Å²) >= 11 is 0. The molecule has 2 atom stereocenters. The Balaban J connectivity index is 1.35. The molecular formula is C21H19N5O. The minimum Gasteiger partial charge on any atom is -0.508 e. The molecule has 134 valence electrons. The Morgan fingerprint density at radius 3 is 2.59 bits per heavy atom. The molecule has 0 spiro atoms. The summed E-state index contributed by atoms with van der Waals surface area (Å²) in [6, 6.07) is 22.0. The molecule has 0 saturated heterocycles. The summed E-state index contributed by atoms with van der Waals surface area (Å²) in [4.78, 5) is 0. The van der Waals surface area contributed by atoms with Crippen LogP contribution in [0.5, 0.6) is 5.75 Å². The molecule has 0 radical (unpaired) electrons. The van der Waals surface area contributed by atoms with Gasteiger partial charge in [-0.1, -0.05) is 42.5 Å². The third-order valence-electron chi connectivity index (χ3n) is 4.98. The van der Waals surface area contributed by atoms with E-state index in [1.807, 2.05) is 30.3 Å². The molecule has 1 unspecified atom stereocenters. The maximum atomic E-state index is 9.43. The maximum Gasteiger partial charge on any atom is 0.178 e. The molecule has 1 saturated carbocycles. The van der Waals surface area contributed by atoms with E-state index in [0.29, 0.717) is 18.4 Å². The Hall–Kier alpha value is -3.41. The van der Waals surface area contributed by atoms with E-state index in [2.05, 4.69) is 44.9 Å². The summed E-state index contributed by atoms with van der Waals surface area (Å²) in [6.45, 7) is 0. The number of aromatic nitrogens is 4. The van der Waals surface area contributed by atoms with Crippen LogP contribution in [0.3, 0.4) is 0 Å². The number of phenols is 1. The molecule has 27 heavy (non-hydrogen) atoms. The fourth-order valence-electron chi connectivity index (χ4n) is 3.43. The zero-order valence-electron chi connectivity index (χ0n) is 14.7. The van der Waals surface area contributed by atoms with Crippen molar-refractivity contribution in [1.29, 1.82) is 0 Å². The summed E-state index contributed by atoms with van der Waals surface area (Å²) in [5.41, 5.74) is 3.15. The van der Waals surface area contributed by atoms with Crippen molar-refractivity contribution < 1.29 is 5.11 Å². The lowest BCUT2D eigenvalue weighted by molar-refractivity contribution is 0.475. The highest BCUT2D eigenvalue weighted by Crippen LogP contribution is 2.42. The predicted molar refractivity (Wildman–Crippen MR) is 103 cm³/mol. The van der Waals surface area contributed by atoms with Crippen LogP contribution in [0.1, 0.15) is 29.3 Å². The van der Waals surface area contributed by atoms with E-state index < -0.39 is 0 Å². The number of nitrogens with zero attached hydrogens (tertiary/aromatic N) is 4. The molecule has 4 aromatic rings. The summed E-state index contributed by atoms with van der Waals surface area (Å²) in [5.74, 6) is 2.40. The predicted octanol–water partition coefficient (Wildman–Crippen LogP) is 3.39. The van der Waals surface area contributed by atoms with Gasteiger partial charge in [-0.05, 0) is 41.8 Å². The second kappa shape index (κ2) is 6.39. The van der Waals surface area contributed by atoms with Gasteiger partial charge >= 0.3 is 0 Å². The second-order valence-electron chi connectivity index (χ2n) is 6.95. The summed E-state index contributed by atoms with van der Waals surface area (Å²) in [5, 5.41) is 26.1. The highest BCUT2D eigenvalue weighted by molar-refractivity contribution is 5.47. The highest BCUT2D eigenvalue weighted by atomic mass is 16.3. The molecule has 1 aliphatic rings. The molecule has 2 heterocycles. The van der Waals surface area contributed by atoms with Crippen LogP contribution >= 0.6 is 0 Å². The molecule has 5 rings (SSSR count). The number of fused-ring (bicyclic) bond motifs is 1. The van der Waals surface area contributed by atoms with Gasteiger partial charge in [0.2, 0.25) is 0 Å². The first kappa shape index (κ1) is 15.8. The van der Waals surface area contributed by atoms with Gasteiger partial charge < -0.3 is 10.4 Å². The first-order valence-electron chi connectivity index (χ1n) is 9.07. The second-order valence-corrected chi connectivity index (χ2v) is 6.95. The minimum atomic E-state index is 0.256. The Kier molecular flexibility index (Phi) is 3.74. The van der Waals surface area contributed by atoms with Gasteiger partial charge in [0.1, 0.15) is 11.6 Å². The Labute approximate surface area is 156 Å². The number of benzene rings is 2. The molecule has 6 heteroatoms. The number of rotatable bonds is 5. The van der Waals surface area contributed by atoms with E-state index >= 15 is 0 Å². The lowest BCUT2D eigenvalue weighted by atomic mass is 10.1. The van der Waals surface area contributed by atoms with E-state index in [1.165, 1.54) is 5.56 Å². The lowest BCUT2D eigenvalue weighted by Gasteiger charge is -2.06. The number of phenolic OH excluding ortho intramolecular Hbond substituents is 1. The van der Waals surface area contributed by atoms with Crippen LogP contribution in [0.15, 0.2) is 66.7 Å². The standard InChI is InChI=1S/C21H19N5O/c27-16-8-6-14(7-9-16)12-21-24-23-20-11-10-19(25-26(20)21)22-18-13-17(18)15-4-2-1-3-5-15/h1-11,17-18,27H,12-13H2,(H,22,25)/t17-,18?/m0/s1. The maximum absolute atomic E-state index is 9.43. The number of aromatic hydroxyl groups is 1. The Morgan fingerprint density at radius 1 is 0.963 bits per heavy atom. The van der Waals surface area contributed by atoms with Crippen molar-refractivity contribution in [3.63, 3.8) is 0 Å². The molecule has 2 aromatic carbocycles. The van der Waals surface area contributed by atoms with Crippen molar-refractivity contribution in [3.8, 4) is 5.75 Å². The third-order valence-corrected chi connectivity index (χ3v) is 4.98. The molecule has 0 bridgehead atoms. The first-order valence-corrected chi connectivity index (χ1v) is 9.07. The van der Waals surface area contributed by atoms with Gasteiger partial charge in [0.15, 0.2) is 11.5 Å². The van der Waals surface area contributed by atoms with Crippen LogP contribution in [0.2, 0.25) is 0 Å². The van der Waals surface area contributed by atoms with Crippen molar-refractivity contribution in [1.82, 2.24) is 19.8 Å². The van der Waals surface area contributed by atoms with E-state index in [9.17, 15) is 5.11 Å². The number of nitrogens with one attached hydrogen (secondary N) is 1. The van der Waals surface area contributed by atoms with Crippen molar-refractivity contribution >= 4 is 11.5 Å². The average Bonchev–Trinajstić information content (AvgIpc) is 3.36. The largest absolute Gasteiger partial charge is 0.508 e. The van der Waals surface area contributed by atoms with Crippen molar-refractivity contribution in [2.75, 3.05) is 5.32 Å². The first-order chi connectivity index (χ1) is 13.3. The molecule has 0 amide bonds. The summed E-state index contributed by atoms with van der Waals surface area (Å²) in [6.07, 6.45) is 1.72. The van der Waals surface area contributed by atoms with E-state index in [0.717, 1.165) is 29.3 Å². The van der Waals surface area contributed by atoms with Gasteiger partial charge in [-0.2, -0.15) is 4.52 Å². The van der Waals surface area contributed by atoms with E-state index in [4.69, 9.17) is 0 Å². The van der Waals surface area contributed by atoms with Crippen molar-refractivity contribution in [2.24, 2.45) is 0 Å². The van der Waals surface area contributed by atoms with Crippen LogP contribution in [0.4, 0.5) is 5.82 Å². The molecule has 1 aliphatic carbocycles. The van der Waals surface area contributed by atoms with E-state index in [1.54, 1.807) is 16.6 Å². The summed E-state index contributed by atoms with van der Waals surface area (Å²) in [7, 11) is 0. The number of hydrogen-bond acceptors (Lipinski definition) is 5. The topological polar surface area (TPSA) is 75.3 Å². The quantitative estimate of drug-likeness (QED) is 0.573. The zero-order chi connectivity index (χ0) is 18.2. The number of hydrogen-bond donors (Lipinski definition) is 2. The van der Waals surface area contributed by atoms with Gasteiger partial charge in [0.25, 0.3) is 0 Å². The van der Waals surface area contributed by atoms with Crippen molar-refractivity contribution in [2.45, 2.75) is 24.8 Å². The number of anilines is 1. The molecule has 6 nitrogen and oxygen atoms in total. The van der Waals surface area contributed by atoms with Gasteiger partial charge in [0, 0.05) is 18.4 Å². The van der Waals surface area contributed by atoms with Crippen LogP contribution < -0.4 is 5.32 Å².